The van der Waals surface area contributed by atoms with Crippen LogP contribution in [0.1, 0.15) is 5.56 Å². The molecule has 1 aliphatic heterocycles. The van der Waals surface area contributed by atoms with Gasteiger partial charge in [-0.05, 0) is 36.8 Å². The van der Waals surface area contributed by atoms with E-state index in [0.29, 0.717) is 17.1 Å². The van der Waals surface area contributed by atoms with Gasteiger partial charge in [0.05, 0.1) is 11.4 Å². The zero-order valence-corrected chi connectivity index (χ0v) is 12.2. The van der Waals surface area contributed by atoms with E-state index in [0.717, 1.165) is 5.56 Å². The van der Waals surface area contributed by atoms with Gasteiger partial charge in [0.15, 0.2) is 6.61 Å². The number of carbonyl (C=O) groups excluding carboxylic acids is 2. The van der Waals surface area contributed by atoms with Crippen LogP contribution in [0.5, 0.6) is 5.75 Å². The van der Waals surface area contributed by atoms with Crippen molar-refractivity contribution in [2.75, 3.05) is 23.4 Å². The molecule has 0 aromatic heterocycles. The van der Waals surface area contributed by atoms with Crippen LogP contribution in [0.4, 0.5) is 11.4 Å². The molecule has 22 heavy (non-hydrogen) atoms. The molecule has 0 fully saturated rings. The zero-order chi connectivity index (χ0) is 15.5. The lowest BCUT2D eigenvalue weighted by Gasteiger charge is -2.29. The van der Waals surface area contributed by atoms with E-state index < -0.39 is 0 Å². The number of aryl methyl sites for hydroxylation is 1. The maximum Gasteiger partial charge on any atom is 0.265 e. The second-order valence-corrected chi connectivity index (χ2v) is 5.15. The number of para-hydroxylation sites is 2. The van der Waals surface area contributed by atoms with E-state index in [4.69, 9.17) is 4.74 Å². The standard InChI is InChI=1S/C17H16N2O3/c1-12-5-4-6-13(9-12)22-11-17(21)19-10-16(20)18-14-7-2-3-8-15(14)19/h2-9H,10-11H2,1H3,(H,18,20). The van der Waals surface area contributed by atoms with E-state index in [9.17, 15) is 9.59 Å². The Morgan fingerprint density at radius 1 is 1.23 bits per heavy atom. The van der Waals surface area contributed by atoms with Gasteiger partial charge in [0.2, 0.25) is 5.91 Å². The van der Waals surface area contributed by atoms with Gasteiger partial charge < -0.3 is 10.1 Å². The first-order valence-electron chi connectivity index (χ1n) is 7.02. The van der Waals surface area contributed by atoms with E-state index in [1.807, 2.05) is 37.3 Å². The molecule has 0 saturated carbocycles. The van der Waals surface area contributed by atoms with Crippen molar-refractivity contribution in [1.29, 1.82) is 0 Å². The Labute approximate surface area is 128 Å². The van der Waals surface area contributed by atoms with Crippen LogP contribution in [-0.4, -0.2) is 25.0 Å². The molecule has 1 heterocycles. The van der Waals surface area contributed by atoms with Gasteiger partial charge >= 0.3 is 0 Å². The average Bonchev–Trinajstić information content (AvgIpc) is 2.52. The quantitative estimate of drug-likeness (QED) is 0.946. The predicted molar refractivity (Wildman–Crippen MR) is 84.1 cm³/mol. The fourth-order valence-electron chi connectivity index (χ4n) is 2.38. The van der Waals surface area contributed by atoms with Crippen molar-refractivity contribution >= 4 is 23.2 Å². The summed E-state index contributed by atoms with van der Waals surface area (Å²) in [6, 6.07) is 14.7. The van der Waals surface area contributed by atoms with Gasteiger partial charge in [-0.25, -0.2) is 0 Å². The van der Waals surface area contributed by atoms with Crippen LogP contribution in [0.15, 0.2) is 48.5 Å². The van der Waals surface area contributed by atoms with E-state index in [1.165, 1.54) is 4.90 Å². The molecule has 0 aliphatic carbocycles. The summed E-state index contributed by atoms with van der Waals surface area (Å²) in [7, 11) is 0. The van der Waals surface area contributed by atoms with Crippen molar-refractivity contribution in [2.24, 2.45) is 0 Å². The Morgan fingerprint density at radius 3 is 2.86 bits per heavy atom. The third-order valence-corrected chi connectivity index (χ3v) is 3.42. The molecule has 0 atom stereocenters. The molecule has 0 spiro atoms. The van der Waals surface area contributed by atoms with Crippen molar-refractivity contribution in [3.63, 3.8) is 0 Å². The maximum absolute atomic E-state index is 12.4. The molecular weight excluding hydrogens is 280 g/mol. The van der Waals surface area contributed by atoms with E-state index in [2.05, 4.69) is 5.32 Å². The Bertz CT molecular complexity index is 727. The number of amides is 2. The molecule has 2 aromatic carbocycles. The molecule has 1 aliphatic rings. The minimum absolute atomic E-state index is 0.00697. The van der Waals surface area contributed by atoms with Crippen LogP contribution in [0, 0.1) is 6.92 Å². The minimum Gasteiger partial charge on any atom is -0.484 e. The third-order valence-electron chi connectivity index (χ3n) is 3.42. The van der Waals surface area contributed by atoms with Crippen LogP contribution >= 0.6 is 0 Å². The van der Waals surface area contributed by atoms with E-state index >= 15 is 0 Å². The van der Waals surface area contributed by atoms with Crippen LogP contribution in [0.2, 0.25) is 0 Å². The molecule has 0 unspecified atom stereocenters. The van der Waals surface area contributed by atoms with Gasteiger partial charge in [0.1, 0.15) is 12.3 Å². The Kier molecular flexibility index (Phi) is 3.78. The fraction of sp³-hybridized carbons (Fsp3) is 0.176. The summed E-state index contributed by atoms with van der Waals surface area (Å²) < 4.78 is 5.53. The number of hydrogen-bond acceptors (Lipinski definition) is 3. The van der Waals surface area contributed by atoms with E-state index in [1.54, 1.807) is 18.2 Å². The molecule has 2 aromatic rings. The second-order valence-electron chi connectivity index (χ2n) is 5.15. The van der Waals surface area contributed by atoms with Crippen LogP contribution in [0.3, 0.4) is 0 Å². The molecule has 1 N–H and O–H groups in total. The zero-order valence-electron chi connectivity index (χ0n) is 12.2. The maximum atomic E-state index is 12.4. The number of nitrogens with zero attached hydrogens (tertiary/aromatic N) is 1. The average molecular weight is 296 g/mol. The number of anilines is 2. The third kappa shape index (κ3) is 2.93. The number of benzene rings is 2. The number of ether oxygens (including phenoxy) is 1. The summed E-state index contributed by atoms with van der Waals surface area (Å²) in [5.41, 5.74) is 2.40. The summed E-state index contributed by atoms with van der Waals surface area (Å²) in [6.07, 6.45) is 0. The molecular formula is C17H16N2O3. The highest BCUT2D eigenvalue weighted by Crippen LogP contribution is 2.28. The van der Waals surface area contributed by atoms with Crippen molar-refractivity contribution in [3.8, 4) is 5.75 Å². The van der Waals surface area contributed by atoms with Crippen molar-refractivity contribution in [2.45, 2.75) is 6.92 Å². The SMILES string of the molecule is Cc1cccc(OCC(=O)N2CC(=O)Nc3ccccc32)c1. The molecule has 0 radical (unpaired) electrons. The second kappa shape index (κ2) is 5.89. The highest BCUT2D eigenvalue weighted by Gasteiger charge is 2.26. The normalized spacial score (nSPS) is 13.3. The summed E-state index contributed by atoms with van der Waals surface area (Å²) in [6.45, 7) is 1.86. The summed E-state index contributed by atoms with van der Waals surface area (Å²) in [5, 5.41) is 2.75. The highest BCUT2D eigenvalue weighted by molar-refractivity contribution is 6.10. The molecule has 5 nitrogen and oxygen atoms in total. The van der Waals surface area contributed by atoms with E-state index in [-0.39, 0.29) is 25.0 Å². The van der Waals surface area contributed by atoms with Crippen LogP contribution in [-0.2, 0) is 9.59 Å². The summed E-state index contributed by atoms with van der Waals surface area (Å²) in [4.78, 5) is 25.5. The molecule has 0 bridgehead atoms. The first kappa shape index (κ1) is 14.1. The first-order valence-corrected chi connectivity index (χ1v) is 7.02. The first-order chi connectivity index (χ1) is 10.6. The van der Waals surface area contributed by atoms with Gasteiger partial charge in [-0.1, -0.05) is 24.3 Å². The highest BCUT2D eigenvalue weighted by atomic mass is 16.5. The smallest absolute Gasteiger partial charge is 0.265 e. The van der Waals surface area contributed by atoms with Crippen molar-refractivity contribution in [3.05, 3.63) is 54.1 Å². The lowest BCUT2D eigenvalue weighted by molar-refractivity contribution is -0.123. The Balaban J connectivity index is 1.74. The Hall–Kier alpha value is -2.82. The number of rotatable bonds is 3. The lowest BCUT2D eigenvalue weighted by Crippen LogP contribution is -2.44. The molecule has 0 saturated heterocycles. The topological polar surface area (TPSA) is 58.6 Å². The van der Waals surface area contributed by atoms with Crippen LogP contribution < -0.4 is 15.0 Å². The molecule has 112 valence electrons. The van der Waals surface area contributed by atoms with Gasteiger partial charge in [0, 0.05) is 0 Å². The number of carbonyl (C=O) groups is 2. The monoisotopic (exact) mass is 296 g/mol. The van der Waals surface area contributed by atoms with Crippen molar-refractivity contribution in [1.82, 2.24) is 0 Å². The van der Waals surface area contributed by atoms with Gasteiger partial charge in [-0.2, -0.15) is 0 Å². The lowest BCUT2D eigenvalue weighted by atomic mass is 10.2. The largest absolute Gasteiger partial charge is 0.484 e. The Morgan fingerprint density at radius 2 is 2.05 bits per heavy atom. The number of hydrogen-bond donors (Lipinski definition) is 1. The van der Waals surface area contributed by atoms with Crippen molar-refractivity contribution < 1.29 is 14.3 Å². The summed E-state index contributed by atoms with van der Waals surface area (Å²) in [5.74, 6) is 0.189. The van der Waals surface area contributed by atoms with Gasteiger partial charge in [-0.15, -0.1) is 0 Å². The minimum atomic E-state index is -0.246. The van der Waals surface area contributed by atoms with Gasteiger partial charge in [0.25, 0.3) is 5.91 Å². The van der Waals surface area contributed by atoms with Gasteiger partial charge in [-0.3, -0.25) is 14.5 Å². The fourth-order valence-corrected chi connectivity index (χ4v) is 2.38. The predicted octanol–water partition coefficient (Wildman–Crippen LogP) is 2.36. The number of fused-ring (bicyclic) bond motifs is 1. The van der Waals surface area contributed by atoms with Crippen LogP contribution in [0.25, 0.3) is 0 Å². The molecule has 3 rings (SSSR count). The summed E-state index contributed by atoms with van der Waals surface area (Å²) >= 11 is 0. The number of nitrogens with one attached hydrogen (secondary N) is 1. The molecule has 5 heteroatoms. The molecule has 2 amide bonds.